The fourth-order valence-corrected chi connectivity index (χ4v) is 3.21. The molecule has 1 N–H and O–H groups in total. The van der Waals surface area contributed by atoms with Gasteiger partial charge in [-0.05, 0) is 43.7 Å². The predicted molar refractivity (Wildman–Crippen MR) is 108 cm³/mol. The number of carbonyl (C=O) groups is 1. The molecule has 1 aromatic carbocycles. The van der Waals surface area contributed by atoms with Gasteiger partial charge >= 0.3 is 0 Å². The Hall–Kier alpha value is -3.47. The molecule has 3 heterocycles. The number of aromatic nitrogens is 3. The summed E-state index contributed by atoms with van der Waals surface area (Å²) in [4.78, 5) is 21.4. The highest BCUT2D eigenvalue weighted by Crippen LogP contribution is 2.26. The van der Waals surface area contributed by atoms with Gasteiger partial charge in [-0.1, -0.05) is 24.3 Å². The molecule has 0 unspecified atom stereocenters. The maximum absolute atomic E-state index is 12.9. The SMILES string of the molecule is CC(C)n1cc(C(=O)Nc2cc(-c3cccnc3)ccn2)c2ccccc21. The van der Waals surface area contributed by atoms with Crippen LogP contribution >= 0.6 is 0 Å². The highest BCUT2D eigenvalue weighted by molar-refractivity contribution is 6.12. The van der Waals surface area contributed by atoms with Crippen molar-refractivity contribution >= 4 is 22.6 Å². The molecular formula is C22H20N4O. The minimum Gasteiger partial charge on any atom is -0.344 e. The minimum absolute atomic E-state index is 0.165. The van der Waals surface area contributed by atoms with Crippen LogP contribution in [0, 0.1) is 0 Å². The zero-order valence-electron chi connectivity index (χ0n) is 15.3. The topological polar surface area (TPSA) is 59.8 Å². The van der Waals surface area contributed by atoms with Crippen LogP contribution in [0.3, 0.4) is 0 Å². The van der Waals surface area contributed by atoms with E-state index < -0.39 is 0 Å². The normalized spacial score (nSPS) is 11.1. The molecule has 4 rings (SSSR count). The van der Waals surface area contributed by atoms with E-state index in [9.17, 15) is 4.79 Å². The van der Waals surface area contributed by atoms with Gasteiger partial charge in [-0.15, -0.1) is 0 Å². The Morgan fingerprint density at radius 2 is 1.89 bits per heavy atom. The summed E-state index contributed by atoms with van der Waals surface area (Å²) < 4.78 is 2.11. The first-order chi connectivity index (χ1) is 13.1. The van der Waals surface area contributed by atoms with Gasteiger partial charge in [0.2, 0.25) is 0 Å². The van der Waals surface area contributed by atoms with Crippen LogP contribution in [0.5, 0.6) is 0 Å². The lowest BCUT2D eigenvalue weighted by molar-refractivity contribution is 0.102. The second-order valence-corrected chi connectivity index (χ2v) is 6.69. The fourth-order valence-electron chi connectivity index (χ4n) is 3.21. The average Bonchev–Trinajstić information content (AvgIpc) is 3.09. The van der Waals surface area contributed by atoms with Gasteiger partial charge in [-0.2, -0.15) is 0 Å². The van der Waals surface area contributed by atoms with Gasteiger partial charge in [-0.3, -0.25) is 9.78 Å². The van der Waals surface area contributed by atoms with Crippen molar-refractivity contribution in [3.05, 3.63) is 78.9 Å². The third-order valence-electron chi connectivity index (χ3n) is 4.54. The number of pyridine rings is 2. The molecule has 0 saturated heterocycles. The lowest BCUT2D eigenvalue weighted by Crippen LogP contribution is -2.12. The van der Waals surface area contributed by atoms with Gasteiger partial charge < -0.3 is 9.88 Å². The summed E-state index contributed by atoms with van der Waals surface area (Å²) in [7, 11) is 0. The Morgan fingerprint density at radius 3 is 2.67 bits per heavy atom. The number of nitrogens with zero attached hydrogens (tertiary/aromatic N) is 3. The molecule has 0 saturated carbocycles. The first-order valence-electron chi connectivity index (χ1n) is 8.91. The standard InChI is InChI=1S/C22H20N4O/c1-15(2)26-14-19(18-7-3-4-8-20(18)26)22(27)25-21-12-16(9-11-24-21)17-6-5-10-23-13-17/h3-15H,1-2H3,(H,24,25,27). The highest BCUT2D eigenvalue weighted by atomic mass is 16.1. The Morgan fingerprint density at radius 1 is 1.04 bits per heavy atom. The molecule has 1 amide bonds. The van der Waals surface area contributed by atoms with Crippen LogP contribution in [0.1, 0.15) is 30.2 Å². The molecule has 5 heteroatoms. The van der Waals surface area contributed by atoms with E-state index in [4.69, 9.17) is 0 Å². The van der Waals surface area contributed by atoms with Gasteiger partial charge in [-0.25, -0.2) is 4.98 Å². The maximum atomic E-state index is 12.9. The summed E-state index contributed by atoms with van der Waals surface area (Å²) in [6.07, 6.45) is 7.13. The fraction of sp³-hybridized carbons (Fsp3) is 0.136. The predicted octanol–water partition coefficient (Wildman–Crippen LogP) is 4.93. The quantitative estimate of drug-likeness (QED) is 0.564. The van der Waals surface area contributed by atoms with Crippen molar-refractivity contribution in [1.82, 2.24) is 14.5 Å². The zero-order chi connectivity index (χ0) is 18.8. The smallest absolute Gasteiger partial charge is 0.258 e. The molecule has 3 aromatic heterocycles. The van der Waals surface area contributed by atoms with Gasteiger partial charge in [0, 0.05) is 47.3 Å². The molecule has 0 aliphatic carbocycles. The Kier molecular flexibility index (Phi) is 4.42. The van der Waals surface area contributed by atoms with E-state index in [1.807, 2.05) is 54.7 Å². The monoisotopic (exact) mass is 356 g/mol. The molecular weight excluding hydrogens is 336 g/mol. The van der Waals surface area contributed by atoms with Crippen LogP contribution in [0.2, 0.25) is 0 Å². The van der Waals surface area contributed by atoms with Crippen molar-refractivity contribution in [3.63, 3.8) is 0 Å². The van der Waals surface area contributed by atoms with Crippen LogP contribution in [-0.2, 0) is 0 Å². The summed E-state index contributed by atoms with van der Waals surface area (Å²) in [5, 5.41) is 3.87. The van der Waals surface area contributed by atoms with Gasteiger partial charge in [0.15, 0.2) is 0 Å². The maximum Gasteiger partial charge on any atom is 0.258 e. The molecule has 0 aliphatic rings. The van der Waals surface area contributed by atoms with E-state index >= 15 is 0 Å². The summed E-state index contributed by atoms with van der Waals surface area (Å²) in [5.41, 5.74) is 3.63. The molecule has 0 spiro atoms. The summed E-state index contributed by atoms with van der Waals surface area (Å²) >= 11 is 0. The number of rotatable bonds is 4. The van der Waals surface area contributed by atoms with Gasteiger partial charge in [0.1, 0.15) is 5.82 Å². The van der Waals surface area contributed by atoms with Crippen molar-refractivity contribution in [2.45, 2.75) is 19.9 Å². The molecule has 0 atom stereocenters. The van der Waals surface area contributed by atoms with E-state index in [2.05, 4.69) is 33.7 Å². The molecule has 0 bridgehead atoms. The largest absolute Gasteiger partial charge is 0.344 e. The molecule has 134 valence electrons. The molecule has 4 aromatic rings. The van der Waals surface area contributed by atoms with Crippen molar-refractivity contribution in [3.8, 4) is 11.1 Å². The summed E-state index contributed by atoms with van der Waals surface area (Å²) in [6, 6.07) is 15.8. The van der Waals surface area contributed by atoms with E-state index in [-0.39, 0.29) is 11.9 Å². The number of hydrogen-bond donors (Lipinski definition) is 1. The van der Waals surface area contributed by atoms with Crippen LogP contribution in [0.25, 0.3) is 22.0 Å². The van der Waals surface area contributed by atoms with E-state index in [1.54, 1.807) is 18.6 Å². The molecule has 0 aliphatic heterocycles. The molecule has 0 radical (unpaired) electrons. The number of carbonyl (C=O) groups excluding carboxylic acids is 1. The van der Waals surface area contributed by atoms with Gasteiger partial charge in [0.25, 0.3) is 5.91 Å². The minimum atomic E-state index is -0.165. The number of benzene rings is 1. The Bertz CT molecular complexity index is 1100. The number of hydrogen-bond acceptors (Lipinski definition) is 3. The number of fused-ring (bicyclic) bond motifs is 1. The number of para-hydroxylation sites is 1. The lowest BCUT2D eigenvalue weighted by Gasteiger charge is -2.08. The Labute approximate surface area is 157 Å². The third-order valence-corrected chi connectivity index (χ3v) is 4.54. The average molecular weight is 356 g/mol. The van der Waals surface area contributed by atoms with Crippen molar-refractivity contribution in [1.29, 1.82) is 0 Å². The van der Waals surface area contributed by atoms with Crippen molar-refractivity contribution < 1.29 is 4.79 Å². The summed E-state index contributed by atoms with van der Waals surface area (Å²) in [6.45, 7) is 4.21. The Balaban J connectivity index is 1.67. The van der Waals surface area contributed by atoms with Crippen LogP contribution in [0.15, 0.2) is 73.3 Å². The lowest BCUT2D eigenvalue weighted by atomic mass is 10.1. The summed E-state index contributed by atoms with van der Waals surface area (Å²) in [5.74, 6) is 0.351. The molecule has 5 nitrogen and oxygen atoms in total. The number of anilines is 1. The molecule has 0 fully saturated rings. The van der Waals surface area contributed by atoms with Gasteiger partial charge in [0.05, 0.1) is 5.56 Å². The first kappa shape index (κ1) is 17.0. The van der Waals surface area contributed by atoms with E-state index in [0.717, 1.165) is 22.0 Å². The molecule has 27 heavy (non-hydrogen) atoms. The third kappa shape index (κ3) is 3.31. The van der Waals surface area contributed by atoms with Crippen molar-refractivity contribution in [2.75, 3.05) is 5.32 Å². The van der Waals surface area contributed by atoms with E-state index in [1.165, 1.54) is 0 Å². The van der Waals surface area contributed by atoms with Crippen LogP contribution in [-0.4, -0.2) is 20.4 Å². The first-order valence-corrected chi connectivity index (χ1v) is 8.91. The second-order valence-electron chi connectivity index (χ2n) is 6.69. The zero-order valence-corrected chi connectivity index (χ0v) is 15.3. The highest BCUT2D eigenvalue weighted by Gasteiger charge is 2.16. The number of amides is 1. The van der Waals surface area contributed by atoms with Crippen LogP contribution < -0.4 is 5.32 Å². The van der Waals surface area contributed by atoms with Crippen LogP contribution in [0.4, 0.5) is 5.82 Å². The van der Waals surface area contributed by atoms with Crippen molar-refractivity contribution in [2.24, 2.45) is 0 Å². The number of nitrogens with one attached hydrogen (secondary N) is 1. The van der Waals surface area contributed by atoms with E-state index in [0.29, 0.717) is 11.4 Å². The second kappa shape index (κ2) is 7.03.